The topological polar surface area (TPSA) is 64.6 Å². The van der Waals surface area contributed by atoms with Crippen molar-refractivity contribution in [3.8, 4) is 0 Å². The molecule has 2 fully saturated rings. The Hall–Kier alpha value is -1.95. The molecule has 1 saturated carbocycles. The van der Waals surface area contributed by atoms with E-state index in [-0.39, 0.29) is 35.0 Å². The molecule has 1 saturated heterocycles. The molecule has 1 heterocycles. The third-order valence-corrected chi connectivity index (χ3v) is 4.96. The molecule has 1 aliphatic carbocycles. The minimum atomic E-state index is -0.707. The second-order valence-corrected chi connectivity index (χ2v) is 7.12. The zero-order chi connectivity index (χ0) is 17.5. The Labute approximate surface area is 140 Å². The summed E-state index contributed by atoms with van der Waals surface area (Å²) in [4.78, 5) is 23.6. The molecule has 24 heavy (non-hydrogen) atoms. The summed E-state index contributed by atoms with van der Waals surface area (Å²) >= 11 is 0. The molecule has 1 amide bonds. The normalized spacial score (nSPS) is 27.6. The first kappa shape index (κ1) is 16.9. The number of benzene rings is 1. The van der Waals surface area contributed by atoms with Crippen LogP contribution in [0, 0.1) is 17.2 Å². The van der Waals surface area contributed by atoms with Crippen molar-refractivity contribution in [3.63, 3.8) is 0 Å². The minimum absolute atomic E-state index is 0.0830. The zero-order valence-corrected chi connectivity index (χ0v) is 14.1. The molecular weight excluding hydrogens is 313 g/mol. The lowest BCUT2D eigenvalue weighted by Gasteiger charge is -2.58. The summed E-state index contributed by atoms with van der Waals surface area (Å²) in [5, 5.41) is 2.54. The van der Waals surface area contributed by atoms with Crippen LogP contribution in [-0.4, -0.2) is 30.7 Å². The minimum Gasteiger partial charge on any atom is -0.458 e. The molecule has 5 nitrogen and oxygen atoms in total. The highest BCUT2D eigenvalue weighted by molar-refractivity contribution is 5.94. The smallest absolute Gasteiger partial charge is 0.341 e. The SMILES string of the molecule is CC(=O)Nc1ccc(F)c(C(=O)O[C@@H]2[C@@H]3CCCO[C@@H]3C2(C)C)c1. The lowest BCUT2D eigenvalue weighted by molar-refractivity contribution is -0.243. The molecule has 0 bridgehead atoms. The number of amides is 1. The van der Waals surface area contributed by atoms with Gasteiger partial charge in [-0.25, -0.2) is 9.18 Å². The van der Waals surface area contributed by atoms with E-state index in [0.29, 0.717) is 5.69 Å². The van der Waals surface area contributed by atoms with Gasteiger partial charge >= 0.3 is 5.97 Å². The van der Waals surface area contributed by atoms with Crippen LogP contribution in [0.25, 0.3) is 0 Å². The number of anilines is 1. The van der Waals surface area contributed by atoms with Crippen molar-refractivity contribution in [1.29, 1.82) is 0 Å². The van der Waals surface area contributed by atoms with Gasteiger partial charge in [-0.2, -0.15) is 0 Å². The molecule has 3 atom stereocenters. The quantitative estimate of drug-likeness (QED) is 0.862. The Morgan fingerprint density at radius 1 is 1.38 bits per heavy atom. The Morgan fingerprint density at radius 3 is 2.83 bits per heavy atom. The molecule has 0 aromatic heterocycles. The second-order valence-electron chi connectivity index (χ2n) is 7.12. The van der Waals surface area contributed by atoms with E-state index in [9.17, 15) is 14.0 Å². The summed E-state index contributed by atoms with van der Waals surface area (Å²) < 4.78 is 25.4. The average Bonchev–Trinajstić information content (AvgIpc) is 2.53. The van der Waals surface area contributed by atoms with Crippen LogP contribution < -0.4 is 5.32 Å². The van der Waals surface area contributed by atoms with Crippen LogP contribution in [0.15, 0.2) is 18.2 Å². The van der Waals surface area contributed by atoms with Crippen molar-refractivity contribution < 1.29 is 23.5 Å². The summed E-state index contributed by atoms with van der Waals surface area (Å²) in [6.45, 7) is 6.09. The molecule has 0 spiro atoms. The van der Waals surface area contributed by atoms with E-state index >= 15 is 0 Å². The molecule has 1 N–H and O–H groups in total. The van der Waals surface area contributed by atoms with Gasteiger partial charge in [0.05, 0.1) is 11.7 Å². The maximum Gasteiger partial charge on any atom is 0.341 e. The summed E-state index contributed by atoms with van der Waals surface area (Å²) in [7, 11) is 0. The van der Waals surface area contributed by atoms with Gasteiger partial charge in [0.1, 0.15) is 11.9 Å². The maximum atomic E-state index is 14.0. The largest absolute Gasteiger partial charge is 0.458 e. The van der Waals surface area contributed by atoms with Crippen molar-refractivity contribution in [3.05, 3.63) is 29.6 Å². The molecule has 1 aromatic rings. The van der Waals surface area contributed by atoms with Crippen molar-refractivity contribution in [2.24, 2.45) is 11.3 Å². The van der Waals surface area contributed by atoms with Crippen LogP contribution in [0.2, 0.25) is 0 Å². The highest BCUT2D eigenvalue weighted by Crippen LogP contribution is 2.53. The second kappa shape index (κ2) is 6.16. The first-order valence-electron chi connectivity index (χ1n) is 8.20. The number of esters is 1. The number of hydrogen-bond donors (Lipinski definition) is 1. The number of halogens is 1. The molecular formula is C18H22FNO4. The predicted octanol–water partition coefficient (Wildman–Crippen LogP) is 3.14. The number of ether oxygens (including phenoxy) is 2. The molecule has 1 aromatic carbocycles. The summed E-state index contributed by atoms with van der Waals surface area (Å²) in [6.07, 6.45) is 1.68. The maximum absolute atomic E-state index is 14.0. The number of carbonyl (C=O) groups is 2. The molecule has 130 valence electrons. The van der Waals surface area contributed by atoms with Crippen LogP contribution in [-0.2, 0) is 14.3 Å². The molecule has 3 rings (SSSR count). The molecule has 0 radical (unpaired) electrons. The van der Waals surface area contributed by atoms with Gasteiger partial charge in [-0.15, -0.1) is 0 Å². The van der Waals surface area contributed by atoms with Crippen molar-refractivity contribution in [1.82, 2.24) is 0 Å². The number of carbonyl (C=O) groups excluding carboxylic acids is 2. The van der Waals surface area contributed by atoms with E-state index in [0.717, 1.165) is 25.5 Å². The van der Waals surface area contributed by atoms with Gasteiger partial charge in [0.25, 0.3) is 0 Å². The third-order valence-electron chi connectivity index (χ3n) is 4.96. The van der Waals surface area contributed by atoms with Crippen molar-refractivity contribution in [2.75, 3.05) is 11.9 Å². The highest BCUT2D eigenvalue weighted by Gasteiger charge is 2.60. The highest BCUT2D eigenvalue weighted by atomic mass is 19.1. The fourth-order valence-electron chi connectivity index (χ4n) is 3.86. The van der Waals surface area contributed by atoms with Gasteiger partial charge in [0, 0.05) is 30.6 Å². The van der Waals surface area contributed by atoms with E-state index in [2.05, 4.69) is 5.32 Å². The molecule has 1 aliphatic heterocycles. The third kappa shape index (κ3) is 2.90. The lowest BCUT2D eigenvalue weighted by Crippen LogP contribution is -2.65. The number of fused-ring (bicyclic) bond motifs is 1. The van der Waals surface area contributed by atoms with Gasteiger partial charge in [-0.3, -0.25) is 4.79 Å². The van der Waals surface area contributed by atoms with E-state index in [1.165, 1.54) is 19.1 Å². The number of hydrogen-bond acceptors (Lipinski definition) is 4. The molecule has 2 aliphatic rings. The van der Waals surface area contributed by atoms with Crippen LogP contribution in [0.1, 0.15) is 44.0 Å². The van der Waals surface area contributed by atoms with E-state index in [1.54, 1.807) is 0 Å². The molecule has 6 heteroatoms. The monoisotopic (exact) mass is 335 g/mol. The first-order valence-corrected chi connectivity index (χ1v) is 8.20. The summed E-state index contributed by atoms with van der Waals surface area (Å²) in [5.74, 6) is -1.49. The Morgan fingerprint density at radius 2 is 2.12 bits per heavy atom. The van der Waals surface area contributed by atoms with Crippen LogP contribution in [0.5, 0.6) is 0 Å². The van der Waals surface area contributed by atoms with Crippen LogP contribution >= 0.6 is 0 Å². The van der Waals surface area contributed by atoms with Gasteiger partial charge in [-0.1, -0.05) is 13.8 Å². The van der Waals surface area contributed by atoms with Gasteiger partial charge in [-0.05, 0) is 31.0 Å². The Kier molecular flexibility index (Phi) is 4.34. The van der Waals surface area contributed by atoms with E-state index in [1.807, 2.05) is 13.8 Å². The summed E-state index contributed by atoms with van der Waals surface area (Å²) in [5.41, 5.74) is -0.0910. The Balaban J connectivity index is 1.76. The first-order chi connectivity index (χ1) is 11.3. The average molecular weight is 335 g/mol. The number of nitrogens with one attached hydrogen (secondary N) is 1. The standard InChI is InChI=1S/C18H22FNO4/c1-10(21)20-11-6-7-14(19)13(9-11)17(22)24-16-12-5-4-8-23-15(12)18(16,2)3/h6-7,9,12,15-16H,4-5,8H2,1-3H3,(H,20,21)/t12-,15+,16-/m1/s1. The lowest BCUT2D eigenvalue weighted by atomic mass is 9.57. The van der Waals surface area contributed by atoms with Crippen molar-refractivity contribution >= 4 is 17.6 Å². The van der Waals surface area contributed by atoms with E-state index < -0.39 is 11.8 Å². The molecule has 0 unspecified atom stereocenters. The summed E-state index contributed by atoms with van der Waals surface area (Å²) in [6, 6.07) is 3.87. The fraction of sp³-hybridized carbons (Fsp3) is 0.556. The van der Waals surface area contributed by atoms with E-state index in [4.69, 9.17) is 9.47 Å². The van der Waals surface area contributed by atoms with Gasteiger partial charge in [0.2, 0.25) is 5.91 Å². The fourth-order valence-corrected chi connectivity index (χ4v) is 3.86. The number of rotatable bonds is 3. The predicted molar refractivity (Wildman–Crippen MR) is 86.2 cm³/mol. The zero-order valence-electron chi connectivity index (χ0n) is 14.1. The van der Waals surface area contributed by atoms with Gasteiger partial charge < -0.3 is 14.8 Å². The Bertz CT molecular complexity index is 673. The van der Waals surface area contributed by atoms with Crippen LogP contribution in [0.4, 0.5) is 10.1 Å². The van der Waals surface area contributed by atoms with Crippen molar-refractivity contribution in [2.45, 2.75) is 45.8 Å². The van der Waals surface area contributed by atoms with Crippen LogP contribution in [0.3, 0.4) is 0 Å². The van der Waals surface area contributed by atoms with Gasteiger partial charge in [0.15, 0.2) is 0 Å².